The molecule has 0 aromatic rings. The zero-order chi connectivity index (χ0) is 7.78. The highest BCUT2D eigenvalue weighted by Crippen LogP contribution is 2.27. The maximum Gasteiger partial charge on any atom is 0.0139 e. The number of likely N-dealkylation sites (tertiary alicyclic amines) is 1. The van der Waals surface area contributed by atoms with E-state index in [1.807, 2.05) is 0 Å². The highest BCUT2D eigenvalue weighted by Gasteiger charge is 2.33. The molecule has 0 radical (unpaired) electrons. The van der Waals surface area contributed by atoms with Crippen molar-refractivity contribution in [2.45, 2.75) is 26.8 Å². The zero-order valence-corrected chi connectivity index (χ0v) is 7.22. The standard InChI is InChI=1S/C8H18N2/c1-7(9)4-10-5-8(2,3)6-10/h7H,4-6,9H2,1-3H3/t7-/m1/s1. The number of hydrogen-bond donors (Lipinski definition) is 1. The zero-order valence-electron chi connectivity index (χ0n) is 7.22. The van der Waals surface area contributed by atoms with Crippen molar-refractivity contribution in [2.24, 2.45) is 11.1 Å². The van der Waals surface area contributed by atoms with Gasteiger partial charge in [-0.15, -0.1) is 0 Å². The molecule has 0 aromatic heterocycles. The van der Waals surface area contributed by atoms with Gasteiger partial charge in [0.2, 0.25) is 0 Å². The summed E-state index contributed by atoms with van der Waals surface area (Å²) in [6.07, 6.45) is 0. The first-order chi connectivity index (χ1) is 4.49. The summed E-state index contributed by atoms with van der Waals surface area (Å²) in [6.45, 7) is 10.1. The minimum atomic E-state index is 0.330. The van der Waals surface area contributed by atoms with Gasteiger partial charge < -0.3 is 10.6 Å². The topological polar surface area (TPSA) is 29.3 Å². The minimum absolute atomic E-state index is 0.330. The monoisotopic (exact) mass is 142 g/mol. The fourth-order valence-corrected chi connectivity index (χ4v) is 1.70. The first-order valence-electron chi connectivity index (χ1n) is 3.97. The van der Waals surface area contributed by atoms with E-state index < -0.39 is 0 Å². The predicted molar refractivity (Wildman–Crippen MR) is 43.9 cm³/mol. The normalized spacial score (nSPS) is 27.6. The summed E-state index contributed by atoms with van der Waals surface area (Å²) in [7, 11) is 0. The van der Waals surface area contributed by atoms with Crippen LogP contribution in [0.2, 0.25) is 0 Å². The average molecular weight is 142 g/mol. The van der Waals surface area contributed by atoms with Crippen LogP contribution in [0.1, 0.15) is 20.8 Å². The second-order valence-electron chi connectivity index (χ2n) is 4.31. The number of rotatable bonds is 2. The molecule has 1 heterocycles. The minimum Gasteiger partial charge on any atom is -0.327 e. The molecule has 0 amide bonds. The van der Waals surface area contributed by atoms with Gasteiger partial charge in [-0.05, 0) is 12.3 Å². The van der Waals surface area contributed by atoms with Gasteiger partial charge in [0.1, 0.15) is 0 Å². The van der Waals surface area contributed by atoms with Crippen LogP contribution in [0.4, 0.5) is 0 Å². The Labute approximate surface area is 63.4 Å². The quantitative estimate of drug-likeness (QED) is 0.614. The summed E-state index contributed by atoms with van der Waals surface area (Å²) < 4.78 is 0. The van der Waals surface area contributed by atoms with Crippen molar-refractivity contribution in [2.75, 3.05) is 19.6 Å². The molecule has 0 bridgehead atoms. The van der Waals surface area contributed by atoms with E-state index in [2.05, 4.69) is 25.7 Å². The average Bonchev–Trinajstić information content (AvgIpc) is 1.57. The van der Waals surface area contributed by atoms with E-state index in [-0.39, 0.29) is 0 Å². The second-order valence-corrected chi connectivity index (χ2v) is 4.31. The van der Waals surface area contributed by atoms with Crippen LogP contribution in [0.5, 0.6) is 0 Å². The summed E-state index contributed by atoms with van der Waals surface area (Å²) in [5.74, 6) is 0. The summed E-state index contributed by atoms with van der Waals surface area (Å²) >= 11 is 0. The fraction of sp³-hybridized carbons (Fsp3) is 1.00. The van der Waals surface area contributed by atoms with Gasteiger partial charge in [0, 0.05) is 25.7 Å². The van der Waals surface area contributed by atoms with Crippen LogP contribution < -0.4 is 5.73 Å². The first-order valence-corrected chi connectivity index (χ1v) is 3.97. The van der Waals surface area contributed by atoms with E-state index in [0.717, 1.165) is 6.54 Å². The lowest BCUT2D eigenvalue weighted by molar-refractivity contribution is 0.0279. The molecule has 0 saturated carbocycles. The van der Waals surface area contributed by atoms with Gasteiger partial charge in [-0.2, -0.15) is 0 Å². The van der Waals surface area contributed by atoms with Crippen molar-refractivity contribution in [1.82, 2.24) is 4.90 Å². The number of nitrogens with two attached hydrogens (primary N) is 1. The molecule has 1 aliphatic heterocycles. The van der Waals surface area contributed by atoms with Crippen molar-refractivity contribution >= 4 is 0 Å². The van der Waals surface area contributed by atoms with Gasteiger partial charge in [-0.25, -0.2) is 0 Å². The molecule has 10 heavy (non-hydrogen) atoms. The Balaban J connectivity index is 2.15. The molecular weight excluding hydrogens is 124 g/mol. The lowest BCUT2D eigenvalue weighted by atomic mass is 9.84. The highest BCUT2D eigenvalue weighted by atomic mass is 15.2. The lowest BCUT2D eigenvalue weighted by Gasteiger charge is -2.46. The summed E-state index contributed by atoms with van der Waals surface area (Å²) in [5.41, 5.74) is 6.20. The van der Waals surface area contributed by atoms with Gasteiger partial charge in [-0.3, -0.25) is 0 Å². The van der Waals surface area contributed by atoms with Crippen LogP contribution in [0.25, 0.3) is 0 Å². The third-order valence-electron chi connectivity index (χ3n) is 1.85. The lowest BCUT2D eigenvalue weighted by Crippen LogP contribution is -2.55. The summed E-state index contributed by atoms with van der Waals surface area (Å²) in [4.78, 5) is 2.41. The Hall–Kier alpha value is -0.0800. The molecule has 2 heteroatoms. The van der Waals surface area contributed by atoms with E-state index in [1.165, 1.54) is 13.1 Å². The highest BCUT2D eigenvalue weighted by molar-refractivity contribution is 4.88. The number of hydrogen-bond acceptors (Lipinski definition) is 2. The van der Waals surface area contributed by atoms with E-state index in [1.54, 1.807) is 0 Å². The molecular formula is C8H18N2. The van der Waals surface area contributed by atoms with Crippen LogP contribution in [0.3, 0.4) is 0 Å². The van der Waals surface area contributed by atoms with Crippen molar-refractivity contribution in [3.05, 3.63) is 0 Å². The Morgan fingerprint density at radius 3 is 2.30 bits per heavy atom. The maximum atomic E-state index is 5.65. The molecule has 1 rings (SSSR count). The van der Waals surface area contributed by atoms with Crippen molar-refractivity contribution in [3.63, 3.8) is 0 Å². The smallest absolute Gasteiger partial charge is 0.0139 e. The maximum absolute atomic E-state index is 5.65. The molecule has 2 nitrogen and oxygen atoms in total. The van der Waals surface area contributed by atoms with Gasteiger partial charge in [0.15, 0.2) is 0 Å². The Bertz CT molecular complexity index is 108. The number of nitrogens with zero attached hydrogens (tertiary/aromatic N) is 1. The van der Waals surface area contributed by atoms with Crippen LogP contribution >= 0.6 is 0 Å². The van der Waals surface area contributed by atoms with Crippen molar-refractivity contribution in [3.8, 4) is 0 Å². The molecule has 0 aromatic carbocycles. The Morgan fingerprint density at radius 2 is 2.00 bits per heavy atom. The summed E-state index contributed by atoms with van der Waals surface area (Å²) in [6, 6.07) is 0.330. The van der Waals surface area contributed by atoms with Crippen molar-refractivity contribution < 1.29 is 0 Å². The molecule has 60 valence electrons. The molecule has 1 atom stereocenters. The van der Waals surface area contributed by atoms with Gasteiger partial charge in [-0.1, -0.05) is 13.8 Å². The molecule has 0 unspecified atom stereocenters. The summed E-state index contributed by atoms with van der Waals surface area (Å²) in [5, 5.41) is 0. The van der Waals surface area contributed by atoms with Crippen LogP contribution in [-0.2, 0) is 0 Å². The van der Waals surface area contributed by atoms with Crippen LogP contribution in [-0.4, -0.2) is 30.6 Å². The van der Waals surface area contributed by atoms with E-state index in [9.17, 15) is 0 Å². The Kier molecular flexibility index (Phi) is 2.02. The van der Waals surface area contributed by atoms with Gasteiger partial charge in [0.25, 0.3) is 0 Å². The third-order valence-corrected chi connectivity index (χ3v) is 1.85. The molecule has 2 N–H and O–H groups in total. The Morgan fingerprint density at radius 1 is 1.50 bits per heavy atom. The van der Waals surface area contributed by atoms with Crippen LogP contribution in [0, 0.1) is 5.41 Å². The molecule has 1 saturated heterocycles. The molecule has 1 aliphatic rings. The second kappa shape index (κ2) is 2.51. The molecule has 0 spiro atoms. The van der Waals surface area contributed by atoms with E-state index >= 15 is 0 Å². The first kappa shape index (κ1) is 8.02. The predicted octanol–water partition coefficient (Wildman–Crippen LogP) is 0.675. The van der Waals surface area contributed by atoms with Gasteiger partial charge in [0.05, 0.1) is 0 Å². The molecule has 1 fully saturated rings. The van der Waals surface area contributed by atoms with Crippen LogP contribution in [0.15, 0.2) is 0 Å². The van der Waals surface area contributed by atoms with E-state index in [4.69, 9.17) is 5.73 Å². The van der Waals surface area contributed by atoms with Crippen molar-refractivity contribution in [1.29, 1.82) is 0 Å². The SMILES string of the molecule is C[C@@H](N)CN1CC(C)(C)C1. The van der Waals surface area contributed by atoms with Gasteiger partial charge >= 0.3 is 0 Å². The van der Waals surface area contributed by atoms with E-state index in [0.29, 0.717) is 11.5 Å². The molecule has 0 aliphatic carbocycles. The third kappa shape index (κ3) is 1.96. The largest absolute Gasteiger partial charge is 0.327 e. The fourth-order valence-electron chi connectivity index (χ4n) is 1.70.